The molecule has 0 saturated heterocycles. The van der Waals surface area contributed by atoms with Crippen molar-refractivity contribution in [3.8, 4) is 0 Å². The van der Waals surface area contributed by atoms with Crippen LogP contribution < -0.4 is 0 Å². The molecule has 0 N–H and O–H groups in total. The smallest absolute Gasteiger partial charge is 0.133 e. The number of Topliss-reactive ketones (excluding diaryl/α,β-unsaturated/α-hetero) is 2. The molecule has 1 fully saturated rings. The molecule has 2 heteroatoms. The van der Waals surface area contributed by atoms with Crippen LogP contribution in [0.5, 0.6) is 0 Å². The van der Waals surface area contributed by atoms with Gasteiger partial charge in [0.25, 0.3) is 0 Å². The standard InChI is InChI=1S/C14H24O2/c1-12(15)7-5-6-10-14(16)11-13-8-3-2-4-9-13/h13H,2-11H2,1H3. The zero-order chi connectivity index (χ0) is 11.8. The van der Waals surface area contributed by atoms with Crippen molar-refractivity contribution in [2.24, 2.45) is 5.92 Å². The summed E-state index contributed by atoms with van der Waals surface area (Å²) in [5.74, 6) is 1.31. The molecule has 16 heavy (non-hydrogen) atoms. The zero-order valence-electron chi connectivity index (χ0n) is 10.5. The van der Waals surface area contributed by atoms with Gasteiger partial charge < -0.3 is 4.79 Å². The van der Waals surface area contributed by atoms with E-state index in [2.05, 4.69) is 0 Å². The molecule has 0 amide bonds. The molecule has 0 bridgehead atoms. The zero-order valence-corrected chi connectivity index (χ0v) is 10.5. The van der Waals surface area contributed by atoms with Crippen LogP contribution in [0.25, 0.3) is 0 Å². The van der Waals surface area contributed by atoms with Crippen LogP contribution in [0.2, 0.25) is 0 Å². The van der Waals surface area contributed by atoms with Crippen molar-refractivity contribution < 1.29 is 9.59 Å². The van der Waals surface area contributed by atoms with Crippen LogP contribution in [0.4, 0.5) is 0 Å². The Labute approximate surface area is 98.8 Å². The summed E-state index contributed by atoms with van der Waals surface area (Å²) >= 11 is 0. The third kappa shape index (κ3) is 6.04. The summed E-state index contributed by atoms with van der Waals surface area (Å²) in [6.45, 7) is 1.61. The van der Waals surface area contributed by atoms with Crippen LogP contribution in [0.1, 0.15) is 71.1 Å². The Kier molecular flexibility index (Phi) is 6.36. The highest BCUT2D eigenvalue weighted by atomic mass is 16.1. The maximum atomic E-state index is 11.7. The van der Waals surface area contributed by atoms with E-state index in [1.165, 1.54) is 32.1 Å². The van der Waals surface area contributed by atoms with Crippen LogP contribution in [-0.4, -0.2) is 11.6 Å². The van der Waals surface area contributed by atoms with Gasteiger partial charge in [0.2, 0.25) is 0 Å². The molecule has 0 aromatic rings. The van der Waals surface area contributed by atoms with Crippen LogP contribution in [0.15, 0.2) is 0 Å². The molecule has 2 nitrogen and oxygen atoms in total. The second-order valence-corrected chi connectivity index (χ2v) is 5.16. The van der Waals surface area contributed by atoms with Crippen LogP contribution >= 0.6 is 0 Å². The summed E-state index contributed by atoms with van der Waals surface area (Å²) in [6.07, 6.45) is 10.4. The molecule has 0 atom stereocenters. The molecule has 0 aromatic carbocycles. The summed E-state index contributed by atoms with van der Waals surface area (Å²) in [5, 5.41) is 0. The number of ketones is 2. The average Bonchev–Trinajstić information content (AvgIpc) is 2.25. The van der Waals surface area contributed by atoms with Gasteiger partial charge in [-0.05, 0) is 25.7 Å². The lowest BCUT2D eigenvalue weighted by Crippen LogP contribution is -2.11. The fraction of sp³-hybridized carbons (Fsp3) is 0.857. The van der Waals surface area contributed by atoms with Gasteiger partial charge in [-0.15, -0.1) is 0 Å². The largest absolute Gasteiger partial charge is 0.300 e. The Balaban J connectivity index is 2.03. The molecule has 0 aromatic heterocycles. The van der Waals surface area contributed by atoms with Crippen molar-refractivity contribution in [2.45, 2.75) is 71.1 Å². The highest BCUT2D eigenvalue weighted by Crippen LogP contribution is 2.26. The molecular weight excluding hydrogens is 200 g/mol. The summed E-state index contributed by atoms with van der Waals surface area (Å²) in [4.78, 5) is 22.4. The van der Waals surface area contributed by atoms with E-state index >= 15 is 0 Å². The van der Waals surface area contributed by atoms with Crippen molar-refractivity contribution in [1.82, 2.24) is 0 Å². The quantitative estimate of drug-likeness (QED) is 0.618. The summed E-state index contributed by atoms with van der Waals surface area (Å²) in [5.41, 5.74) is 0. The summed E-state index contributed by atoms with van der Waals surface area (Å²) in [7, 11) is 0. The summed E-state index contributed by atoms with van der Waals surface area (Å²) in [6, 6.07) is 0. The lowest BCUT2D eigenvalue weighted by molar-refractivity contribution is -0.121. The summed E-state index contributed by atoms with van der Waals surface area (Å²) < 4.78 is 0. The minimum absolute atomic E-state index is 0.236. The van der Waals surface area contributed by atoms with Crippen molar-refractivity contribution in [2.75, 3.05) is 0 Å². The Morgan fingerprint density at radius 2 is 1.62 bits per heavy atom. The molecule has 0 aliphatic heterocycles. The van der Waals surface area contributed by atoms with Gasteiger partial charge in [-0.1, -0.05) is 32.1 Å². The van der Waals surface area contributed by atoms with Gasteiger partial charge >= 0.3 is 0 Å². The van der Waals surface area contributed by atoms with Crippen LogP contribution in [0, 0.1) is 5.92 Å². The average molecular weight is 224 g/mol. The van der Waals surface area contributed by atoms with Crippen molar-refractivity contribution >= 4 is 11.6 Å². The lowest BCUT2D eigenvalue weighted by Gasteiger charge is -2.20. The third-order valence-corrected chi connectivity index (χ3v) is 3.48. The third-order valence-electron chi connectivity index (χ3n) is 3.48. The first-order chi connectivity index (χ1) is 7.68. The van der Waals surface area contributed by atoms with Gasteiger partial charge in [0, 0.05) is 19.3 Å². The molecule has 1 rings (SSSR count). The van der Waals surface area contributed by atoms with Gasteiger partial charge in [-0.3, -0.25) is 4.79 Å². The van der Waals surface area contributed by atoms with E-state index in [0.717, 1.165) is 19.3 Å². The van der Waals surface area contributed by atoms with E-state index in [4.69, 9.17) is 0 Å². The van der Waals surface area contributed by atoms with Crippen molar-refractivity contribution in [1.29, 1.82) is 0 Å². The van der Waals surface area contributed by atoms with Gasteiger partial charge in [0.1, 0.15) is 11.6 Å². The van der Waals surface area contributed by atoms with Crippen LogP contribution in [0.3, 0.4) is 0 Å². The number of carbonyl (C=O) groups is 2. The second-order valence-electron chi connectivity index (χ2n) is 5.16. The number of unbranched alkanes of at least 4 members (excludes halogenated alkanes) is 1. The molecule has 1 saturated carbocycles. The van der Waals surface area contributed by atoms with Crippen LogP contribution in [-0.2, 0) is 9.59 Å². The number of carbonyl (C=O) groups excluding carboxylic acids is 2. The van der Waals surface area contributed by atoms with Gasteiger partial charge in [0.05, 0.1) is 0 Å². The molecule has 1 aliphatic rings. The van der Waals surface area contributed by atoms with E-state index in [1.54, 1.807) is 6.92 Å². The Bertz CT molecular complexity index is 227. The number of hydrogen-bond acceptors (Lipinski definition) is 2. The van der Waals surface area contributed by atoms with E-state index < -0.39 is 0 Å². The maximum absolute atomic E-state index is 11.7. The molecule has 0 heterocycles. The van der Waals surface area contributed by atoms with Gasteiger partial charge in [-0.25, -0.2) is 0 Å². The van der Waals surface area contributed by atoms with E-state index in [-0.39, 0.29) is 5.78 Å². The van der Waals surface area contributed by atoms with Gasteiger partial charge in [0.15, 0.2) is 0 Å². The second kappa shape index (κ2) is 7.59. The number of rotatable bonds is 7. The van der Waals surface area contributed by atoms with Crippen molar-refractivity contribution in [3.63, 3.8) is 0 Å². The molecule has 1 aliphatic carbocycles. The first-order valence-corrected chi connectivity index (χ1v) is 6.69. The molecule has 0 radical (unpaired) electrons. The Morgan fingerprint density at radius 3 is 2.25 bits per heavy atom. The first-order valence-electron chi connectivity index (χ1n) is 6.69. The predicted molar refractivity (Wildman–Crippen MR) is 65.3 cm³/mol. The first kappa shape index (κ1) is 13.4. The fourth-order valence-corrected chi connectivity index (χ4v) is 2.51. The lowest BCUT2D eigenvalue weighted by atomic mass is 9.85. The number of hydrogen-bond donors (Lipinski definition) is 0. The SMILES string of the molecule is CC(=O)CCCCC(=O)CC1CCCCC1. The van der Waals surface area contributed by atoms with E-state index in [9.17, 15) is 9.59 Å². The minimum Gasteiger partial charge on any atom is -0.300 e. The van der Waals surface area contributed by atoms with E-state index in [0.29, 0.717) is 24.5 Å². The highest BCUT2D eigenvalue weighted by molar-refractivity contribution is 5.78. The molecule has 0 unspecified atom stereocenters. The van der Waals surface area contributed by atoms with Gasteiger partial charge in [-0.2, -0.15) is 0 Å². The monoisotopic (exact) mass is 224 g/mol. The van der Waals surface area contributed by atoms with E-state index in [1.807, 2.05) is 0 Å². The normalized spacial score (nSPS) is 17.3. The minimum atomic E-state index is 0.236. The maximum Gasteiger partial charge on any atom is 0.133 e. The topological polar surface area (TPSA) is 34.1 Å². The predicted octanol–water partition coefficient (Wildman–Crippen LogP) is 3.68. The fourth-order valence-electron chi connectivity index (χ4n) is 2.51. The molecule has 92 valence electrons. The van der Waals surface area contributed by atoms with Crippen molar-refractivity contribution in [3.05, 3.63) is 0 Å². The Hall–Kier alpha value is -0.660. The molecular formula is C14H24O2. The molecule has 0 spiro atoms. The Morgan fingerprint density at radius 1 is 1.00 bits per heavy atom. The highest BCUT2D eigenvalue weighted by Gasteiger charge is 2.16.